The average Bonchev–Trinajstić information content (AvgIpc) is 2.30. The van der Waals surface area contributed by atoms with E-state index in [-0.39, 0.29) is 0 Å². The van der Waals surface area contributed by atoms with Gasteiger partial charge in [0.05, 0.1) is 0 Å². The van der Waals surface area contributed by atoms with Crippen LogP contribution in [-0.4, -0.2) is 26.2 Å². The molecule has 0 radical (unpaired) electrons. The van der Waals surface area contributed by atoms with Crippen LogP contribution in [-0.2, 0) is 0 Å². The first-order valence-corrected chi connectivity index (χ1v) is 6.45. The van der Waals surface area contributed by atoms with Crippen molar-refractivity contribution in [2.24, 2.45) is 5.92 Å². The average molecular weight is 210 g/mol. The minimum atomic E-state index is 0.788. The Morgan fingerprint density at radius 3 is 3.00 bits per heavy atom. The summed E-state index contributed by atoms with van der Waals surface area (Å²) in [5, 5.41) is 6.83. The van der Waals surface area contributed by atoms with Crippen LogP contribution >= 0.6 is 0 Å². The summed E-state index contributed by atoms with van der Waals surface area (Å²) in [5.74, 6) is 0.788. The van der Waals surface area contributed by atoms with Gasteiger partial charge in [-0.25, -0.2) is 0 Å². The fourth-order valence-corrected chi connectivity index (χ4v) is 2.11. The first kappa shape index (κ1) is 12.7. The largest absolute Gasteiger partial charge is 0.317 e. The Morgan fingerprint density at radius 2 is 2.33 bits per heavy atom. The smallest absolute Gasteiger partial charge is 0.0137 e. The highest BCUT2D eigenvalue weighted by Gasteiger charge is 2.10. The zero-order valence-electron chi connectivity index (χ0n) is 10.3. The molecule has 0 aromatic rings. The summed E-state index contributed by atoms with van der Waals surface area (Å²) in [7, 11) is 0. The summed E-state index contributed by atoms with van der Waals surface area (Å²) in [6.07, 6.45) is 7.53. The van der Waals surface area contributed by atoms with E-state index in [0.29, 0.717) is 0 Å². The lowest BCUT2D eigenvalue weighted by molar-refractivity contribution is 0.517. The molecule has 88 valence electrons. The molecule has 0 aliphatic carbocycles. The van der Waals surface area contributed by atoms with Crippen LogP contribution in [0.1, 0.15) is 39.5 Å². The normalized spacial score (nSPS) is 18.7. The van der Waals surface area contributed by atoms with Crippen LogP contribution in [0.4, 0.5) is 0 Å². The van der Waals surface area contributed by atoms with Crippen LogP contribution in [0.5, 0.6) is 0 Å². The van der Waals surface area contributed by atoms with Crippen LogP contribution in [0.3, 0.4) is 0 Å². The van der Waals surface area contributed by atoms with Gasteiger partial charge in [0.2, 0.25) is 0 Å². The SMILES string of the molecule is CCCNCCCC(C)C1=CCNCC1. The second kappa shape index (κ2) is 7.89. The van der Waals surface area contributed by atoms with Crippen LogP contribution in [0.25, 0.3) is 0 Å². The molecule has 15 heavy (non-hydrogen) atoms. The second-order valence-electron chi connectivity index (χ2n) is 4.53. The summed E-state index contributed by atoms with van der Waals surface area (Å²) >= 11 is 0. The van der Waals surface area contributed by atoms with Gasteiger partial charge in [-0.1, -0.05) is 25.5 Å². The highest BCUT2D eigenvalue weighted by Crippen LogP contribution is 2.20. The molecule has 2 nitrogen and oxygen atoms in total. The summed E-state index contributed by atoms with van der Waals surface area (Å²) in [5.41, 5.74) is 1.67. The number of hydrogen-bond acceptors (Lipinski definition) is 2. The van der Waals surface area contributed by atoms with Crippen molar-refractivity contribution in [3.8, 4) is 0 Å². The second-order valence-corrected chi connectivity index (χ2v) is 4.53. The third kappa shape index (κ3) is 5.33. The lowest BCUT2D eigenvalue weighted by Gasteiger charge is -2.20. The Kier molecular flexibility index (Phi) is 6.69. The van der Waals surface area contributed by atoms with E-state index in [1.807, 2.05) is 0 Å². The molecular formula is C13H26N2. The number of hydrogen-bond donors (Lipinski definition) is 2. The van der Waals surface area contributed by atoms with E-state index in [2.05, 4.69) is 30.6 Å². The van der Waals surface area contributed by atoms with Crippen molar-refractivity contribution in [2.75, 3.05) is 26.2 Å². The molecule has 1 aliphatic rings. The summed E-state index contributed by atoms with van der Waals surface area (Å²) < 4.78 is 0. The minimum absolute atomic E-state index is 0.788. The molecule has 1 unspecified atom stereocenters. The third-order valence-corrected chi connectivity index (χ3v) is 3.15. The first-order chi connectivity index (χ1) is 7.34. The van der Waals surface area contributed by atoms with Gasteiger partial charge in [-0.2, -0.15) is 0 Å². The van der Waals surface area contributed by atoms with Gasteiger partial charge in [0.15, 0.2) is 0 Å². The molecule has 0 bridgehead atoms. The highest BCUT2D eigenvalue weighted by atomic mass is 14.9. The van der Waals surface area contributed by atoms with Crippen molar-refractivity contribution >= 4 is 0 Å². The van der Waals surface area contributed by atoms with Crippen LogP contribution in [0.15, 0.2) is 11.6 Å². The molecule has 2 heteroatoms. The Hall–Kier alpha value is -0.340. The van der Waals surface area contributed by atoms with E-state index in [1.165, 1.54) is 45.3 Å². The summed E-state index contributed by atoms with van der Waals surface area (Å²) in [6, 6.07) is 0. The molecular weight excluding hydrogens is 184 g/mol. The minimum Gasteiger partial charge on any atom is -0.317 e. The molecule has 1 atom stereocenters. The van der Waals surface area contributed by atoms with E-state index in [4.69, 9.17) is 0 Å². The Balaban J connectivity index is 2.07. The van der Waals surface area contributed by atoms with Crippen LogP contribution in [0, 0.1) is 5.92 Å². The van der Waals surface area contributed by atoms with Crippen molar-refractivity contribution < 1.29 is 0 Å². The third-order valence-electron chi connectivity index (χ3n) is 3.15. The fraction of sp³-hybridized carbons (Fsp3) is 0.846. The van der Waals surface area contributed by atoms with Gasteiger partial charge in [0.25, 0.3) is 0 Å². The lowest BCUT2D eigenvalue weighted by atomic mass is 9.92. The monoisotopic (exact) mass is 210 g/mol. The predicted molar refractivity (Wildman–Crippen MR) is 67.1 cm³/mol. The zero-order chi connectivity index (χ0) is 10.9. The first-order valence-electron chi connectivity index (χ1n) is 6.45. The number of rotatable bonds is 7. The van der Waals surface area contributed by atoms with Gasteiger partial charge in [-0.15, -0.1) is 0 Å². The standard InChI is InChI=1S/C13H26N2/c1-3-8-14-9-4-5-12(2)13-6-10-15-11-7-13/h6,12,14-15H,3-5,7-11H2,1-2H3. The Bertz CT molecular complexity index is 187. The molecule has 0 saturated carbocycles. The van der Waals surface area contributed by atoms with Gasteiger partial charge >= 0.3 is 0 Å². The fourth-order valence-electron chi connectivity index (χ4n) is 2.11. The van der Waals surface area contributed by atoms with Crippen molar-refractivity contribution in [3.63, 3.8) is 0 Å². The van der Waals surface area contributed by atoms with E-state index in [0.717, 1.165) is 12.5 Å². The molecule has 0 spiro atoms. The molecule has 1 heterocycles. The van der Waals surface area contributed by atoms with Crippen LogP contribution < -0.4 is 10.6 Å². The maximum absolute atomic E-state index is 3.46. The highest BCUT2D eigenvalue weighted by molar-refractivity contribution is 5.09. The predicted octanol–water partition coefficient (Wildman–Crippen LogP) is 2.32. The molecule has 0 aromatic carbocycles. The van der Waals surface area contributed by atoms with Crippen molar-refractivity contribution in [1.29, 1.82) is 0 Å². The summed E-state index contributed by atoms with van der Waals surface area (Å²) in [6.45, 7) is 9.19. The molecule has 0 amide bonds. The van der Waals surface area contributed by atoms with Gasteiger partial charge < -0.3 is 10.6 Å². The summed E-state index contributed by atoms with van der Waals surface area (Å²) in [4.78, 5) is 0. The topological polar surface area (TPSA) is 24.1 Å². The van der Waals surface area contributed by atoms with Gasteiger partial charge in [-0.3, -0.25) is 0 Å². The quantitative estimate of drug-likeness (QED) is 0.498. The molecule has 0 aromatic heterocycles. The lowest BCUT2D eigenvalue weighted by Crippen LogP contribution is -2.23. The molecule has 0 saturated heterocycles. The van der Waals surface area contributed by atoms with Crippen LogP contribution in [0.2, 0.25) is 0 Å². The van der Waals surface area contributed by atoms with E-state index < -0.39 is 0 Å². The van der Waals surface area contributed by atoms with Gasteiger partial charge in [0, 0.05) is 6.54 Å². The molecule has 1 aliphatic heterocycles. The van der Waals surface area contributed by atoms with Crippen molar-refractivity contribution in [3.05, 3.63) is 11.6 Å². The van der Waals surface area contributed by atoms with E-state index in [9.17, 15) is 0 Å². The molecule has 0 fully saturated rings. The maximum atomic E-state index is 3.46. The Morgan fingerprint density at radius 1 is 1.47 bits per heavy atom. The van der Waals surface area contributed by atoms with Gasteiger partial charge in [-0.05, 0) is 51.2 Å². The number of nitrogens with one attached hydrogen (secondary N) is 2. The van der Waals surface area contributed by atoms with E-state index in [1.54, 1.807) is 5.57 Å². The maximum Gasteiger partial charge on any atom is 0.0137 e. The molecule has 1 rings (SSSR count). The van der Waals surface area contributed by atoms with Crippen molar-refractivity contribution in [2.45, 2.75) is 39.5 Å². The van der Waals surface area contributed by atoms with Crippen molar-refractivity contribution in [1.82, 2.24) is 10.6 Å². The van der Waals surface area contributed by atoms with Gasteiger partial charge in [0.1, 0.15) is 0 Å². The van der Waals surface area contributed by atoms with E-state index >= 15 is 0 Å². The zero-order valence-corrected chi connectivity index (χ0v) is 10.3. The Labute approximate surface area is 94.5 Å². The molecule has 2 N–H and O–H groups in total.